The Hall–Kier alpha value is -1.81. The predicted octanol–water partition coefficient (Wildman–Crippen LogP) is 1.49. The van der Waals surface area contributed by atoms with Crippen molar-refractivity contribution in [3.63, 3.8) is 0 Å². The third-order valence-corrected chi connectivity index (χ3v) is 3.07. The van der Waals surface area contributed by atoms with Crippen molar-refractivity contribution in [2.45, 2.75) is 19.9 Å². The molecule has 17 heavy (non-hydrogen) atoms. The van der Waals surface area contributed by atoms with Gasteiger partial charge in [0.25, 0.3) is 0 Å². The van der Waals surface area contributed by atoms with Gasteiger partial charge in [-0.25, -0.2) is 9.97 Å². The molecule has 1 N–H and O–H groups in total. The molecule has 1 aliphatic heterocycles. The Labute approximate surface area is 100 Å². The molecule has 0 unspecified atom stereocenters. The zero-order valence-electron chi connectivity index (χ0n) is 9.77. The first kappa shape index (κ1) is 10.4. The molecule has 3 heterocycles. The van der Waals surface area contributed by atoms with E-state index >= 15 is 0 Å². The third kappa shape index (κ3) is 1.91. The molecule has 0 saturated carbocycles. The Bertz CT molecular complexity index is 551. The summed E-state index contributed by atoms with van der Waals surface area (Å²) >= 11 is 0. The molecular weight excluding hydrogens is 212 g/mol. The largest absolute Gasteiger partial charge is 0.312 e. The van der Waals surface area contributed by atoms with Gasteiger partial charge in [0.1, 0.15) is 0 Å². The van der Waals surface area contributed by atoms with Crippen molar-refractivity contribution in [1.82, 2.24) is 20.3 Å². The van der Waals surface area contributed by atoms with Crippen molar-refractivity contribution in [2.24, 2.45) is 0 Å². The van der Waals surface area contributed by atoms with E-state index in [9.17, 15) is 0 Å². The van der Waals surface area contributed by atoms with E-state index in [4.69, 9.17) is 0 Å². The molecule has 0 saturated heterocycles. The summed E-state index contributed by atoms with van der Waals surface area (Å²) < 4.78 is 0. The quantitative estimate of drug-likeness (QED) is 0.800. The lowest BCUT2D eigenvalue weighted by atomic mass is 10.1. The second-order valence-electron chi connectivity index (χ2n) is 4.28. The molecular formula is C13H14N4. The Balaban J connectivity index is 2.07. The van der Waals surface area contributed by atoms with E-state index in [1.807, 2.05) is 25.4 Å². The minimum Gasteiger partial charge on any atom is -0.312 e. The molecule has 0 atom stereocenters. The summed E-state index contributed by atoms with van der Waals surface area (Å²) in [4.78, 5) is 13.2. The van der Waals surface area contributed by atoms with Crippen LogP contribution in [0.2, 0.25) is 0 Å². The van der Waals surface area contributed by atoms with E-state index in [0.29, 0.717) is 0 Å². The minimum atomic E-state index is 0.811. The summed E-state index contributed by atoms with van der Waals surface area (Å²) in [6, 6.07) is 1.97. The SMILES string of the molecule is Cc1cnccc1-c1ncc2c(n1)CCNC2. The lowest BCUT2D eigenvalue weighted by Gasteiger charge is -2.16. The number of fused-ring (bicyclic) bond motifs is 1. The van der Waals surface area contributed by atoms with Gasteiger partial charge in [0.15, 0.2) is 5.82 Å². The molecule has 0 aliphatic carbocycles. The normalized spacial score (nSPS) is 14.4. The Morgan fingerprint density at radius 3 is 3.12 bits per heavy atom. The molecule has 0 amide bonds. The van der Waals surface area contributed by atoms with Crippen LogP contribution in [0.15, 0.2) is 24.7 Å². The summed E-state index contributed by atoms with van der Waals surface area (Å²) in [6.07, 6.45) is 6.55. The molecule has 0 bridgehead atoms. The van der Waals surface area contributed by atoms with Crippen molar-refractivity contribution < 1.29 is 0 Å². The number of rotatable bonds is 1. The van der Waals surface area contributed by atoms with Gasteiger partial charge in [-0.05, 0) is 18.6 Å². The first-order valence-corrected chi connectivity index (χ1v) is 5.81. The van der Waals surface area contributed by atoms with Gasteiger partial charge in [-0.3, -0.25) is 4.98 Å². The molecule has 0 fully saturated rings. The van der Waals surface area contributed by atoms with Crippen LogP contribution in [0.4, 0.5) is 0 Å². The van der Waals surface area contributed by atoms with Gasteiger partial charge < -0.3 is 5.32 Å². The average Bonchev–Trinajstić information content (AvgIpc) is 2.39. The zero-order valence-corrected chi connectivity index (χ0v) is 9.77. The standard InChI is InChI=1S/C13H14N4/c1-9-6-14-4-2-11(9)13-16-8-10-7-15-5-3-12(10)17-13/h2,4,6,8,15H,3,5,7H2,1H3. The van der Waals surface area contributed by atoms with Crippen LogP contribution in [-0.4, -0.2) is 21.5 Å². The van der Waals surface area contributed by atoms with Gasteiger partial charge in [0, 0.05) is 49.2 Å². The van der Waals surface area contributed by atoms with Crippen LogP contribution in [0.25, 0.3) is 11.4 Å². The summed E-state index contributed by atoms with van der Waals surface area (Å²) in [7, 11) is 0. The van der Waals surface area contributed by atoms with Gasteiger partial charge in [-0.2, -0.15) is 0 Å². The maximum absolute atomic E-state index is 4.67. The van der Waals surface area contributed by atoms with E-state index in [-0.39, 0.29) is 0 Å². The molecule has 0 spiro atoms. The van der Waals surface area contributed by atoms with E-state index in [2.05, 4.69) is 20.3 Å². The number of pyridine rings is 1. The second kappa shape index (κ2) is 4.22. The molecule has 0 aromatic carbocycles. The first-order valence-electron chi connectivity index (χ1n) is 5.81. The zero-order chi connectivity index (χ0) is 11.7. The van der Waals surface area contributed by atoms with Gasteiger partial charge in [-0.15, -0.1) is 0 Å². The average molecular weight is 226 g/mol. The first-order chi connectivity index (χ1) is 8.34. The maximum atomic E-state index is 4.67. The van der Waals surface area contributed by atoms with E-state index in [1.54, 1.807) is 6.20 Å². The van der Waals surface area contributed by atoms with Crippen LogP contribution >= 0.6 is 0 Å². The van der Waals surface area contributed by atoms with Gasteiger partial charge in [-0.1, -0.05) is 0 Å². The van der Waals surface area contributed by atoms with Crippen LogP contribution in [0.3, 0.4) is 0 Å². The molecule has 0 radical (unpaired) electrons. The number of aryl methyl sites for hydroxylation is 1. The van der Waals surface area contributed by atoms with Crippen molar-refractivity contribution in [3.05, 3.63) is 41.5 Å². The molecule has 3 rings (SSSR count). The highest BCUT2D eigenvalue weighted by Crippen LogP contribution is 2.20. The van der Waals surface area contributed by atoms with E-state index in [0.717, 1.165) is 36.5 Å². The number of nitrogens with zero attached hydrogens (tertiary/aromatic N) is 3. The van der Waals surface area contributed by atoms with Gasteiger partial charge >= 0.3 is 0 Å². The van der Waals surface area contributed by atoms with Gasteiger partial charge in [0.05, 0.1) is 5.69 Å². The molecule has 86 valence electrons. The lowest BCUT2D eigenvalue weighted by Crippen LogP contribution is -2.25. The summed E-state index contributed by atoms with van der Waals surface area (Å²) in [5.41, 5.74) is 4.57. The summed E-state index contributed by atoms with van der Waals surface area (Å²) in [6.45, 7) is 3.91. The topological polar surface area (TPSA) is 50.7 Å². The van der Waals surface area contributed by atoms with E-state index < -0.39 is 0 Å². The highest BCUT2D eigenvalue weighted by molar-refractivity contribution is 5.58. The Morgan fingerprint density at radius 1 is 1.29 bits per heavy atom. The number of aromatic nitrogens is 3. The van der Waals surface area contributed by atoms with Crippen molar-refractivity contribution in [1.29, 1.82) is 0 Å². The number of hydrogen-bond acceptors (Lipinski definition) is 4. The Kier molecular flexibility index (Phi) is 2.57. The second-order valence-corrected chi connectivity index (χ2v) is 4.28. The van der Waals surface area contributed by atoms with Gasteiger partial charge in [0.2, 0.25) is 0 Å². The Morgan fingerprint density at radius 2 is 2.24 bits per heavy atom. The maximum Gasteiger partial charge on any atom is 0.159 e. The summed E-state index contributed by atoms with van der Waals surface area (Å²) in [5, 5.41) is 3.32. The van der Waals surface area contributed by atoms with Crippen molar-refractivity contribution in [2.75, 3.05) is 6.54 Å². The monoisotopic (exact) mass is 226 g/mol. The predicted molar refractivity (Wildman–Crippen MR) is 65.4 cm³/mol. The third-order valence-electron chi connectivity index (χ3n) is 3.07. The summed E-state index contributed by atoms with van der Waals surface area (Å²) in [5.74, 6) is 0.811. The van der Waals surface area contributed by atoms with Crippen LogP contribution in [0, 0.1) is 6.92 Å². The van der Waals surface area contributed by atoms with Crippen LogP contribution in [-0.2, 0) is 13.0 Å². The minimum absolute atomic E-state index is 0.811. The number of nitrogens with one attached hydrogen (secondary N) is 1. The van der Waals surface area contributed by atoms with Crippen LogP contribution in [0.5, 0.6) is 0 Å². The fourth-order valence-corrected chi connectivity index (χ4v) is 2.09. The molecule has 4 nitrogen and oxygen atoms in total. The highest BCUT2D eigenvalue weighted by Gasteiger charge is 2.13. The number of hydrogen-bond donors (Lipinski definition) is 1. The lowest BCUT2D eigenvalue weighted by molar-refractivity contribution is 0.626. The fourth-order valence-electron chi connectivity index (χ4n) is 2.09. The van der Waals surface area contributed by atoms with Crippen molar-refractivity contribution in [3.8, 4) is 11.4 Å². The molecule has 2 aromatic heterocycles. The van der Waals surface area contributed by atoms with Crippen LogP contribution in [0.1, 0.15) is 16.8 Å². The molecule has 1 aliphatic rings. The molecule has 4 heteroatoms. The van der Waals surface area contributed by atoms with E-state index in [1.165, 1.54) is 11.3 Å². The molecule has 2 aromatic rings. The van der Waals surface area contributed by atoms with Crippen LogP contribution < -0.4 is 5.32 Å². The fraction of sp³-hybridized carbons (Fsp3) is 0.308. The van der Waals surface area contributed by atoms with Crippen molar-refractivity contribution >= 4 is 0 Å². The smallest absolute Gasteiger partial charge is 0.159 e. The highest BCUT2D eigenvalue weighted by atomic mass is 14.9.